The van der Waals surface area contributed by atoms with Gasteiger partial charge in [0.15, 0.2) is 0 Å². The SMILES string of the molecule is C[C@@H]1COCCN1c1cc(-c2cnn(-c3ccccc3)c2)c2ccnc(C3CCNN3)c2n1. The number of nitrogens with zero attached hydrogens (tertiary/aromatic N) is 5. The minimum Gasteiger partial charge on any atom is -0.377 e. The minimum absolute atomic E-state index is 0.137. The summed E-state index contributed by atoms with van der Waals surface area (Å²) in [6.07, 6.45) is 6.89. The van der Waals surface area contributed by atoms with E-state index in [4.69, 9.17) is 14.7 Å². The summed E-state index contributed by atoms with van der Waals surface area (Å²) >= 11 is 0. The number of nitrogens with one attached hydrogen (secondary N) is 2. The number of para-hydroxylation sites is 1. The molecule has 6 rings (SSSR count). The van der Waals surface area contributed by atoms with Crippen LogP contribution in [0, 0.1) is 0 Å². The minimum atomic E-state index is 0.137. The molecule has 0 amide bonds. The van der Waals surface area contributed by atoms with Crippen molar-refractivity contribution in [2.45, 2.75) is 25.4 Å². The quantitative estimate of drug-likeness (QED) is 0.503. The summed E-state index contributed by atoms with van der Waals surface area (Å²) in [5, 5.41) is 5.74. The van der Waals surface area contributed by atoms with Gasteiger partial charge in [-0.15, -0.1) is 0 Å². The Bertz CT molecular complexity index is 1270. The van der Waals surface area contributed by atoms with Gasteiger partial charge >= 0.3 is 0 Å². The van der Waals surface area contributed by atoms with Gasteiger partial charge in [0.05, 0.1) is 48.4 Å². The third kappa shape index (κ3) is 3.76. The lowest BCUT2D eigenvalue weighted by molar-refractivity contribution is 0.0986. The molecule has 8 heteroatoms. The summed E-state index contributed by atoms with van der Waals surface area (Å²) in [6, 6.07) is 14.8. The first-order valence-electron chi connectivity index (χ1n) is 11.5. The Morgan fingerprint density at radius 3 is 2.88 bits per heavy atom. The molecule has 0 saturated carbocycles. The van der Waals surface area contributed by atoms with Crippen LogP contribution in [0.25, 0.3) is 27.7 Å². The van der Waals surface area contributed by atoms with Crippen LogP contribution in [0.3, 0.4) is 0 Å². The topological polar surface area (TPSA) is 80.1 Å². The van der Waals surface area contributed by atoms with Crippen molar-refractivity contribution in [3.05, 3.63) is 66.7 Å². The molecule has 1 unspecified atom stereocenters. The molecule has 4 aromatic rings. The fourth-order valence-corrected chi connectivity index (χ4v) is 4.74. The van der Waals surface area contributed by atoms with Gasteiger partial charge in [-0.1, -0.05) is 18.2 Å². The van der Waals surface area contributed by atoms with E-state index in [1.54, 1.807) is 0 Å². The van der Waals surface area contributed by atoms with Crippen molar-refractivity contribution in [2.24, 2.45) is 0 Å². The van der Waals surface area contributed by atoms with Gasteiger partial charge in [-0.3, -0.25) is 10.4 Å². The largest absolute Gasteiger partial charge is 0.377 e. The van der Waals surface area contributed by atoms with E-state index >= 15 is 0 Å². The number of rotatable bonds is 4. The molecule has 168 valence electrons. The molecular formula is C25H27N7O. The Labute approximate surface area is 192 Å². The van der Waals surface area contributed by atoms with E-state index in [-0.39, 0.29) is 12.1 Å². The average Bonchev–Trinajstić information content (AvgIpc) is 3.57. The van der Waals surface area contributed by atoms with Crippen molar-refractivity contribution >= 4 is 16.7 Å². The highest BCUT2D eigenvalue weighted by Crippen LogP contribution is 2.35. The Morgan fingerprint density at radius 1 is 1.15 bits per heavy atom. The molecule has 3 aromatic heterocycles. The number of anilines is 1. The summed E-state index contributed by atoms with van der Waals surface area (Å²) in [6.45, 7) is 5.33. The molecule has 0 aliphatic carbocycles. The van der Waals surface area contributed by atoms with Gasteiger partial charge in [-0.05, 0) is 43.2 Å². The summed E-state index contributed by atoms with van der Waals surface area (Å²) in [4.78, 5) is 12.2. The lowest BCUT2D eigenvalue weighted by Gasteiger charge is -2.34. The number of hydrazine groups is 1. The molecule has 2 saturated heterocycles. The lowest BCUT2D eigenvalue weighted by Crippen LogP contribution is -2.44. The zero-order chi connectivity index (χ0) is 22.2. The van der Waals surface area contributed by atoms with Gasteiger partial charge in [-0.2, -0.15) is 5.10 Å². The van der Waals surface area contributed by atoms with Crippen molar-refractivity contribution in [1.29, 1.82) is 0 Å². The molecule has 1 aromatic carbocycles. The van der Waals surface area contributed by atoms with Gasteiger partial charge in [0.1, 0.15) is 5.82 Å². The summed E-state index contributed by atoms with van der Waals surface area (Å²) in [5.41, 5.74) is 11.7. The number of hydrogen-bond acceptors (Lipinski definition) is 7. The van der Waals surface area contributed by atoms with Crippen LogP contribution in [0.4, 0.5) is 5.82 Å². The number of fused-ring (bicyclic) bond motifs is 1. The maximum absolute atomic E-state index is 5.68. The van der Waals surface area contributed by atoms with Crippen molar-refractivity contribution in [3.8, 4) is 16.8 Å². The predicted molar refractivity (Wildman–Crippen MR) is 128 cm³/mol. The second kappa shape index (κ2) is 8.55. The predicted octanol–water partition coefficient (Wildman–Crippen LogP) is 3.25. The van der Waals surface area contributed by atoms with Crippen LogP contribution in [0.2, 0.25) is 0 Å². The molecule has 0 spiro atoms. The maximum Gasteiger partial charge on any atom is 0.130 e. The molecule has 2 aliphatic rings. The molecule has 2 aliphatic heterocycles. The van der Waals surface area contributed by atoms with Crippen LogP contribution in [-0.4, -0.2) is 52.1 Å². The first-order valence-corrected chi connectivity index (χ1v) is 11.5. The second-order valence-electron chi connectivity index (χ2n) is 8.66. The molecule has 5 heterocycles. The molecule has 2 N–H and O–H groups in total. The van der Waals surface area contributed by atoms with E-state index in [2.05, 4.69) is 58.2 Å². The van der Waals surface area contributed by atoms with E-state index in [1.165, 1.54) is 0 Å². The maximum atomic E-state index is 5.68. The summed E-state index contributed by atoms with van der Waals surface area (Å²) < 4.78 is 7.60. The van der Waals surface area contributed by atoms with Crippen LogP contribution in [-0.2, 0) is 4.74 Å². The number of ether oxygens (including phenoxy) is 1. The highest BCUT2D eigenvalue weighted by Gasteiger charge is 2.25. The standard InChI is InChI=1S/C25H27N7O/c1-17-16-33-12-11-31(17)23-13-21(18-14-28-32(15-18)19-5-3-2-4-6-19)20-7-9-26-25(24(20)29-23)22-8-10-27-30-22/h2-7,9,13-15,17,22,27,30H,8,10-12,16H2,1H3/t17-,22?/m1/s1. The smallest absolute Gasteiger partial charge is 0.130 e. The van der Waals surface area contributed by atoms with Gasteiger partial charge in [-0.25, -0.2) is 15.1 Å². The van der Waals surface area contributed by atoms with Crippen LogP contribution < -0.4 is 15.8 Å². The van der Waals surface area contributed by atoms with Gasteiger partial charge in [0, 0.05) is 36.4 Å². The van der Waals surface area contributed by atoms with E-state index in [9.17, 15) is 0 Å². The molecule has 0 radical (unpaired) electrons. The Balaban J connectivity index is 1.53. The Hall–Kier alpha value is -3.33. The highest BCUT2D eigenvalue weighted by atomic mass is 16.5. The Morgan fingerprint density at radius 2 is 2.06 bits per heavy atom. The van der Waals surface area contributed by atoms with Crippen molar-refractivity contribution < 1.29 is 4.74 Å². The van der Waals surface area contributed by atoms with Crippen molar-refractivity contribution in [3.63, 3.8) is 0 Å². The zero-order valence-electron chi connectivity index (χ0n) is 18.6. The van der Waals surface area contributed by atoms with E-state index < -0.39 is 0 Å². The van der Waals surface area contributed by atoms with E-state index in [0.717, 1.165) is 58.7 Å². The summed E-state index contributed by atoms with van der Waals surface area (Å²) in [7, 11) is 0. The number of pyridine rings is 2. The molecular weight excluding hydrogens is 414 g/mol. The van der Waals surface area contributed by atoms with Gasteiger partial charge in [0.25, 0.3) is 0 Å². The number of hydrogen-bond donors (Lipinski definition) is 2. The fourth-order valence-electron chi connectivity index (χ4n) is 4.74. The highest BCUT2D eigenvalue weighted by molar-refractivity contribution is 5.97. The van der Waals surface area contributed by atoms with Crippen LogP contribution in [0.15, 0.2) is 61.1 Å². The average molecular weight is 442 g/mol. The summed E-state index contributed by atoms with van der Waals surface area (Å²) in [5.74, 6) is 0.959. The monoisotopic (exact) mass is 441 g/mol. The third-order valence-electron chi connectivity index (χ3n) is 6.48. The van der Waals surface area contributed by atoms with Gasteiger partial charge in [0.2, 0.25) is 0 Å². The van der Waals surface area contributed by atoms with Crippen LogP contribution >= 0.6 is 0 Å². The normalized spacial score (nSPS) is 21.1. The van der Waals surface area contributed by atoms with E-state index in [0.29, 0.717) is 13.2 Å². The molecule has 0 bridgehead atoms. The fraction of sp³-hybridized carbons (Fsp3) is 0.320. The van der Waals surface area contributed by atoms with Crippen LogP contribution in [0.1, 0.15) is 25.1 Å². The molecule has 2 fully saturated rings. The zero-order valence-corrected chi connectivity index (χ0v) is 18.6. The number of benzene rings is 1. The Kier molecular flexibility index (Phi) is 5.26. The lowest BCUT2D eigenvalue weighted by atomic mass is 10.0. The number of aromatic nitrogens is 4. The molecule has 8 nitrogen and oxygen atoms in total. The van der Waals surface area contributed by atoms with Crippen molar-refractivity contribution in [2.75, 3.05) is 31.2 Å². The first-order chi connectivity index (χ1) is 16.3. The van der Waals surface area contributed by atoms with Crippen molar-refractivity contribution in [1.82, 2.24) is 30.6 Å². The second-order valence-corrected chi connectivity index (χ2v) is 8.66. The first kappa shape index (κ1) is 20.3. The van der Waals surface area contributed by atoms with Crippen LogP contribution in [0.5, 0.6) is 0 Å². The third-order valence-corrected chi connectivity index (χ3v) is 6.48. The van der Waals surface area contributed by atoms with Gasteiger partial charge < -0.3 is 9.64 Å². The number of morpholine rings is 1. The molecule has 2 atom stereocenters. The molecule has 33 heavy (non-hydrogen) atoms. The van der Waals surface area contributed by atoms with E-state index in [1.807, 2.05) is 35.3 Å².